The molecule has 0 aromatic heterocycles. The lowest BCUT2D eigenvalue weighted by molar-refractivity contribution is -0.155. The highest BCUT2D eigenvalue weighted by molar-refractivity contribution is 8.11. The topological polar surface area (TPSA) is 54.0 Å². The largest absolute Gasteiger partial charge is 0.375 e. The van der Waals surface area contributed by atoms with Gasteiger partial charge in [0.25, 0.3) is 0 Å². The minimum atomic E-state index is -1.41. The quantitative estimate of drug-likeness (QED) is 0.113. The first-order valence-electron chi connectivity index (χ1n) is 15.9. The molecule has 6 rings (SSSR count). The normalized spacial score (nSPS) is 22.6. The van der Waals surface area contributed by atoms with Gasteiger partial charge in [0.2, 0.25) is 0 Å². The van der Waals surface area contributed by atoms with Gasteiger partial charge in [0, 0.05) is 15.7 Å². The van der Waals surface area contributed by atoms with Gasteiger partial charge in [-0.3, -0.25) is 4.21 Å². The number of hydrogen-bond donors (Lipinski definition) is 0. The highest BCUT2D eigenvalue weighted by Gasteiger charge is 2.52. The second-order valence-corrected chi connectivity index (χ2v) is 14.7. The summed E-state index contributed by atoms with van der Waals surface area (Å²) in [5.74, 6) is 0. The summed E-state index contributed by atoms with van der Waals surface area (Å²) in [7, 11) is -1.41. The lowest BCUT2D eigenvalue weighted by Gasteiger charge is -2.45. The third kappa shape index (κ3) is 9.51. The summed E-state index contributed by atoms with van der Waals surface area (Å²) in [6, 6.07) is 50.4. The summed E-state index contributed by atoms with van der Waals surface area (Å²) < 4.78 is 41.1. The summed E-state index contributed by atoms with van der Waals surface area (Å²) in [5.41, 5.74) is 4.18. The first-order chi connectivity index (χ1) is 23.2. The predicted molar refractivity (Wildman–Crippen MR) is 189 cm³/mol. The van der Waals surface area contributed by atoms with Gasteiger partial charge in [-0.2, -0.15) is 0 Å². The Morgan fingerprint density at radius 3 is 1.32 bits per heavy atom. The smallest absolute Gasteiger partial charge is 0.114 e. The van der Waals surface area contributed by atoms with Crippen LogP contribution in [-0.4, -0.2) is 39.0 Å². The predicted octanol–water partition coefficient (Wildman–Crippen LogP) is 8.21. The molecule has 0 radical (unpaired) electrons. The molecule has 6 atom stereocenters. The maximum atomic E-state index is 14.8. The molecule has 0 amide bonds. The number of hydrogen-bond acceptors (Lipinski definition) is 6. The molecular weight excluding hydrogens is 625 g/mol. The van der Waals surface area contributed by atoms with Crippen molar-refractivity contribution >= 4 is 22.6 Å². The minimum absolute atomic E-state index is 0.253. The van der Waals surface area contributed by atoms with Crippen molar-refractivity contribution in [3.8, 4) is 0 Å². The third-order valence-corrected chi connectivity index (χ3v) is 11.7. The molecule has 0 N–H and O–H groups in total. The van der Waals surface area contributed by atoms with Gasteiger partial charge in [0.1, 0.15) is 22.9 Å². The zero-order chi connectivity index (χ0) is 32.1. The highest BCUT2D eigenvalue weighted by atomic mass is 32.2. The van der Waals surface area contributed by atoms with Gasteiger partial charge in [0.15, 0.2) is 0 Å². The number of rotatable bonds is 15. The van der Waals surface area contributed by atoms with Gasteiger partial charge in [-0.1, -0.05) is 140 Å². The molecule has 242 valence electrons. The van der Waals surface area contributed by atoms with Crippen LogP contribution in [0.15, 0.2) is 157 Å². The monoisotopic (exact) mass is 664 g/mol. The van der Waals surface area contributed by atoms with E-state index in [2.05, 4.69) is 24.3 Å². The Morgan fingerprint density at radius 2 is 0.851 bits per heavy atom. The summed E-state index contributed by atoms with van der Waals surface area (Å²) in [6.07, 6.45) is -1.60. The Kier molecular flexibility index (Phi) is 12.5. The van der Waals surface area contributed by atoms with Crippen LogP contribution in [0, 0.1) is 0 Å². The van der Waals surface area contributed by atoms with Crippen LogP contribution >= 0.6 is 11.8 Å². The molecule has 5 aromatic rings. The fourth-order valence-corrected chi connectivity index (χ4v) is 9.29. The molecule has 7 heteroatoms. The van der Waals surface area contributed by atoms with Gasteiger partial charge >= 0.3 is 0 Å². The van der Waals surface area contributed by atoms with E-state index in [1.807, 2.05) is 127 Å². The Bertz CT molecular complexity index is 1620. The van der Waals surface area contributed by atoms with Crippen LogP contribution in [0.5, 0.6) is 0 Å². The highest BCUT2D eigenvalue weighted by Crippen LogP contribution is 2.40. The molecule has 5 aromatic carbocycles. The van der Waals surface area contributed by atoms with Crippen molar-refractivity contribution in [3.05, 3.63) is 174 Å². The lowest BCUT2D eigenvalue weighted by Crippen LogP contribution is -2.61. The first-order valence-corrected chi connectivity index (χ1v) is 18.1. The summed E-state index contributed by atoms with van der Waals surface area (Å²) >= 11 is 1.58. The molecule has 0 bridgehead atoms. The van der Waals surface area contributed by atoms with Crippen LogP contribution in [0.2, 0.25) is 0 Å². The van der Waals surface area contributed by atoms with Crippen LogP contribution in [-0.2, 0) is 56.2 Å². The van der Waals surface area contributed by atoms with E-state index in [9.17, 15) is 4.21 Å². The molecule has 1 saturated heterocycles. The first kappa shape index (κ1) is 33.3. The Labute approximate surface area is 284 Å². The summed E-state index contributed by atoms with van der Waals surface area (Å²) in [5, 5.41) is -0.457. The maximum absolute atomic E-state index is 14.8. The molecule has 5 nitrogen and oxygen atoms in total. The third-order valence-electron chi connectivity index (χ3n) is 8.05. The molecule has 47 heavy (non-hydrogen) atoms. The van der Waals surface area contributed by atoms with E-state index in [1.54, 1.807) is 11.8 Å². The Hall–Kier alpha value is -3.56. The summed E-state index contributed by atoms with van der Waals surface area (Å²) in [4.78, 5) is 1.02. The van der Waals surface area contributed by atoms with E-state index in [1.165, 1.54) is 0 Å². The van der Waals surface area contributed by atoms with E-state index in [0.29, 0.717) is 26.4 Å². The van der Waals surface area contributed by atoms with Crippen LogP contribution in [0.3, 0.4) is 0 Å². The van der Waals surface area contributed by atoms with Gasteiger partial charge in [-0.15, -0.1) is 11.8 Å². The fraction of sp³-hybridized carbons (Fsp3) is 0.250. The van der Waals surface area contributed by atoms with Crippen molar-refractivity contribution in [2.24, 2.45) is 0 Å². The van der Waals surface area contributed by atoms with Crippen molar-refractivity contribution in [2.45, 2.75) is 59.5 Å². The number of benzene rings is 5. The zero-order valence-electron chi connectivity index (χ0n) is 26.2. The fourth-order valence-electron chi connectivity index (χ4n) is 5.63. The Morgan fingerprint density at radius 1 is 0.468 bits per heavy atom. The maximum Gasteiger partial charge on any atom is 0.114 e. The van der Waals surface area contributed by atoms with Crippen LogP contribution < -0.4 is 0 Å². The minimum Gasteiger partial charge on any atom is -0.375 e. The van der Waals surface area contributed by atoms with Gasteiger partial charge in [0.05, 0.1) is 38.3 Å². The lowest BCUT2D eigenvalue weighted by atomic mass is 10.0. The molecule has 1 fully saturated rings. The van der Waals surface area contributed by atoms with Gasteiger partial charge in [-0.25, -0.2) is 0 Å². The molecule has 0 aliphatic carbocycles. The Balaban J connectivity index is 1.35. The average molecular weight is 665 g/mol. The standard InChI is InChI=1S/C40H40O5S2/c41-47-36(30-42-26-31-16-6-1-7-17-31)37(43-27-32-18-8-2-9-19-32)38(44-28-33-20-10-3-11-21-33)39(45-29-34-22-12-4-13-23-34)40(47)46-35-24-14-5-15-25-35/h1-25,36-40H,26-30H2/t36-,37-,38+,39-,40-,47?/m1/s1. The molecule has 1 heterocycles. The molecule has 1 aliphatic heterocycles. The van der Waals surface area contributed by atoms with Crippen molar-refractivity contribution in [2.75, 3.05) is 6.61 Å². The molecule has 1 unspecified atom stereocenters. The second kappa shape index (κ2) is 17.6. The second-order valence-electron chi connectivity index (χ2n) is 11.5. The number of ether oxygens (including phenoxy) is 4. The van der Waals surface area contributed by atoms with E-state index < -0.39 is 38.9 Å². The van der Waals surface area contributed by atoms with E-state index >= 15 is 0 Å². The molecule has 1 aliphatic rings. The van der Waals surface area contributed by atoms with E-state index in [-0.39, 0.29) is 6.61 Å². The van der Waals surface area contributed by atoms with Crippen molar-refractivity contribution < 1.29 is 23.2 Å². The van der Waals surface area contributed by atoms with Crippen LogP contribution in [0.4, 0.5) is 0 Å². The van der Waals surface area contributed by atoms with Crippen molar-refractivity contribution in [3.63, 3.8) is 0 Å². The summed E-state index contributed by atoms with van der Waals surface area (Å²) in [6.45, 7) is 1.75. The molecule has 0 spiro atoms. The van der Waals surface area contributed by atoms with Crippen molar-refractivity contribution in [1.82, 2.24) is 0 Å². The number of thioether (sulfide) groups is 1. The molecular formula is C40H40O5S2. The van der Waals surface area contributed by atoms with E-state index in [4.69, 9.17) is 18.9 Å². The van der Waals surface area contributed by atoms with Crippen LogP contribution in [0.1, 0.15) is 22.3 Å². The van der Waals surface area contributed by atoms with Gasteiger partial charge in [-0.05, 0) is 34.4 Å². The van der Waals surface area contributed by atoms with E-state index in [0.717, 1.165) is 27.1 Å². The average Bonchev–Trinajstić information content (AvgIpc) is 3.13. The SMILES string of the molecule is O=S1[C@H](COCc2ccccc2)[C@@H](OCc2ccccc2)[C@H](OCc2ccccc2)[C@@H](OCc2ccccc2)[C@@H]1Sc1ccccc1. The van der Waals surface area contributed by atoms with Crippen molar-refractivity contribution in [1.29, 1.82) is 0 Å². The zero-order valence-corrected chi connectivity index (χ0v) is 27.8. The molecule has 0 saturated carbocycles. The van der Waals surface area contributed by atoms with Gasteiger partial charge < -0.3 is 18.9 Å². The van der Waals surface area contributed by atoms with Crippen LogP contribution in [0.25, 0.3) is 0 Å².